The van der Waals surface area contributed by atoms with Crippen LogP contribution in [0.25, 0.3) is 0 Å². The lowest BCUT2D eigenvalue weighted by molar-refractivity contribution is -0.143. The fraction of sp³-hybridized carbons (Fsp3) is 0.750. The molecule has 1 aromatic rings. The molecule has 0 bridgehead atoms. The van der Waals surface area contributed by atoms with Crippen molar-refractivity contribution in [3.05, 3.63) is 11.7 Å². The maximum absolute atomic E-state index is 12.3. The van der Waals surface area contributed by atoms with Gasteiger partial charge in [0.1, 0.15) is 0 Å². The number of aliphatic carboxylic acids is 1. The number of aromatic nitrogens is 2. The Balaban J connectivity index is 1.52. The minimum Gasteiger partial charge on any atom is -0.481 e. The van der Waals surface area contributed by atoms with E-state index in [1.807, 2.05) is 0 Å². The molecule has 1 aromatic heterocycles. The van der Waals surface area contributed by atoms with E-state index in [-0.39, 0.29) is 18.4 Å². The number of carboxylic acid groups (broad SMARTS) is 1. The van der Waals surface area contributed by atoms with E-state index in [4.69, 9.17) is 9.63 Å². The second-order valence-electron chi connectivity index (χ2n) is 6.59. The monoisotopic (exact) mass is 321 g/mol. The lowest BCUT2D eigenvalue weighted by Gasteiger charge is -2.23. The van der Waals surface area contributed by atoms with Gasteiger partial charge in [0.05, 0.1) is 5.92 Å². The van der Waals surface area contributed by atoms with Gasteiger partial charge >= 0.3 is 5.97 Å². The summed E-state index contributed by atoms with van der Waals surface area (Å²) in [7, 11) is 0. The van der Waals surface area contributed by atoms with Crippen LogP contribution in [-0.4, -0.2) is 44.6 Å². The van der Waals surface area contributed by atoms with Gasteiger partial charge in [0.25, 0.3) is 0 Å². The highest BCUT2D eigenvalue weighted by atomic mass is 16.5. The third kappa shape index (κ3) is 3.38. The number of likely N-dealkylation sites (tertiary alicyclic amines) is 1. The predicted molar refractivity (Wildman–Crippen MR) is 80.7 cm³/mol. The molecule has 0 aromatic carbocycles. The van der Waals surface area contributed by atoms with Crippen LogP contribution < -0.4 is 0 Å². The summed E-state index contributed by atoms with van der Waals surface area (Å²) in [5.41, 5.74) is 0. The fourth-order valence-electron chi connectivity index (χ4n) is 3.70. The first kappa shape index (κ1) is 16.0. The molecule has 1 aliphatic heterocycles. The van der Waals surface area contributed by atoms with Crippen molar-refractivity contribution in [3.8, 4) is 0 Å². The van der Waals surface area contributed by atoms with Crippen molar-refractivity contribution in [2.45, 2.75) is 63.8 Å². The predicted octanol–water partition coefficient (Wildman–Crippen LogP) is 1.98. The zero-order chi connectivity index (χ0) is 16.4. The molecule has 1 saturated carbocycles. The summed E-state index contributed by atoms with van der Waals surface area (Å²) >= 11 is 0. The molecule has 0 spiro atoms. The molecule has 1 saturated heterocycles. The highest BCUT2D eigenvalue weighted by molar-refractivity contribution is 5.79. The Labute approximate surface area is 135 Å². The molecule has 1 N–H and O–H groups in total. The summed E-state index contributed by atoms with van der Waals surface area (Å²) in [4.78, 5) is 29.5. The molecule has 2 atom stereocenters. The molecular formula is C16H23N3O4. The lowest BCUT2D eigenvalue weighted by Crippen LogP contribution is -2.37. The maximum Gasteiger partial charge on any atom is 0.308 e. The van der Waals surface area contributed by atoms with Crippen LogP contribution in [0.5, 0.6) is 0 Å². The number of aryl methyl sites for hydroxylation is 1. The number of hydrogen-bond donors (Lipinski definition) is 1. The molecule has 1 amide bonds. The van der Waals surface area contributed by atoms with Crippen LogP contribution in [0, 0.1) is 5.92 Å². The Bertz CT molecular complexity index is 580. The number of amides is 1. The van der Waals surface area contributed by atoms with Crippen molar-refractivity contribution in [2.24, 2.45) is 5.92 Å². The van der Waals surface area contributed by atoms with Gasteiger partial charge in [-0.3, -0.25) is 9.59 Å². The van der Waals surface area contributed by atoms with E-state index in [0.717, 1.165) is 18.7 Å². The van der Waals surface area contributed by atoms with Gasteiger partial charge in [-0.25, -0.2) is 0 Å². The average molecular weight is 321 g/mol. The third-order valence-electron chi connectivity index (χ3n) is 5.15. The summed E-state index contributed by atoms with van der Waals surface area (Å²) in [5.74, 6) is 0.342. The number of rotatable bonds is 5. The van der Waals surface area contributed by atoms with Crippen molar-refractivity contribution in [1.29, 1.82) is 0 Å². The minimum atomic E-state index is -0.828. The first-order valence-electron chi connectivity index (χ1n) is 8.41. The summed E-state index contributed by atoms with van der Waals surface area (Å²) in [6.07, 6.45) is 5.87. The van der Waals surface area contributed by atoms with E-state index in [1.54, 1.807) is 11.8 Å². The van der Waals surface area contributed by atoms with Gasteiger partial charge < -0.3 is 14.5 Å². The second kappa shape index (κ2) is 6.68. The summed E-state index contributed by atoms with van der Waals surface area (Å²) in [6, 6.07) is -0.253. The Morgan fingerprint density at radius 2 is 2.04 bits per heavy atom. The molecule has 2 fully saturated rings. The Morgan fingerprint density at radius 1 is 1.30 bits per heavy atom. The van der Waals surface area contributed by atoms with Crippen molar-refractivity contribution in [3.63, 3.8) is 0 Å². The topological polar surface area (TPSA) is 96.5 Å². The van der Waals surface area contributed by atoms with E-state index >= 15 is 0 Å². The molecule has 1 aliphatic carbocycles. The van der Waals surface area contributed by atoms with Gasteiger partial charge in [-0.2, -0.15) is 4.98 Å². The van der Waals surface area contributed by atoms with Crippen LogP contribution in [0.1, 0.15) is 63.1 Å². The molecule has 3 rings (SSSR count). The maximum atomic E-state index is 12.3. The van der Waals surface area contributed by atoms with Crippen LogP contribution >= 0.6 is 0 Å². The van der Waals surface area contributed by atoms with Crippen LogP contribution in [0.15, 0.2) is 4.52 Å². The van der Waals surface area contributed by atoms with Gasteiger partial charge in [0.2, 0.25) is 11.8 Å². The van der Waals surface area contributed by atoms with Crippen LogP contribution in [0.4, 0.5) is 0 Å². The fourth-order valence-corrected chi connectivity index (χ4v) is 3.70. The van der Waals surface area contributed by atoms with E-state index in [0.29, 0.717) is 31.2 Å². The molecule has 23 heavy (non-hydrogen) atoms. The number of carboxylic acids is 1. The van der Waals surface area contributed by atoms with E-state index < -0.39 is 11.9 Å². The number of carbonyl (C=O) groups is 2. The Morgan fingerprint density at radius 3 is 2.70 bits per heavy atom. The van der Waals surface area contributed by atoms with Gasteiger partial charge in [0.15, 0.2) is 5.82 Å². The van der Waals surface area contributed by atoms with Crippen molar-refractivity contribution in [1.82, 2.24) is 15.0 Å². The van der Waals surface area contributed by atoms with Crippen LogP contribution in [0.2, 0.25) is 0 Å². The van der Waals surface area contributed by atoms with E-state index in [1.165, 1.54) is 12.8 Å². The molecule has 7 heteroatoms. The number of carbonyl (C=O) groups excluding carboxylic acids is 1. The lowest BCUT2D eigenvalue weighted by atomic mass is 10.0. The SMILES string of the molecule is CC1C(C(=O)O)CCN1C(=O)CCc1nc(C2CCCC2)no1. The quantitative estimate of drug-likeness (QED) is 0.890. The average Bonchev–Trinajstić information content (AvgIpc) is 3.24. The Kier molecular flexibility index (Phi) is 4.63. The van der Waals surface area contributed by atoms with Crippen LogP contribution in [0.3, 0.4) is 0 Å². The molecule has 0 radical (unpaired) electrons. The Hall–Kier alpha value is -1.92. The largest absolute Gasteiger partial charge is 0.481 e. The number of nitrogens with zero attached hydrogens (tertiary/aromatic N) is 3. The zero-order valence-electron chi connectivity index (χ0n) is 13.4. The highest BCUT2D eigenvalue weighted by Gasteiger charge is 2.37. The smallest absolute Gasteiger partial charge is 0.308 e. The van der Waals surface area contributed by atoms with Crippen molar-refractivity contribution >= 4 is 11.9 Å². The van der Waals surface area contributed by atoms with Crippen LogP contribution in [-0.2, 0) is 16.0 Å². The second-order valence-corrected chi connectivity index (χ2v) is 6.59. The summed E-state index contributed by atoms with van der Waals surface area (Å²) in [5, 5.41) is 13.2. The standard InChI is InChI=1S/C16H23N3O4/c1-10-12(16(21)22)8-9-19(10)14(20)7-6-13-17-15(18-23-13)11-4-2-3-5-11/h10-12H,2-9H2,1H3,(H,21,22). The van der Waals surface area contributed by atoms with Crippen molar-refractivity contribution in [2.75, 3.05) is 6.54 Å². The molecule has 126 valence electrons. The molecule has 2 aliphatic rings. The first-order chi connectivity index (χ1) is 11.1. The first-order valence-corrected chi connectivity index (χ1v) is 8.41. The zero-order valence-corrected chi connectivity index (χ0v) is 13.4. The molecule has 2 unspecified atom stereocenters. The third-order valence-corrected chi connectivity index (χ3v) is 5.15. The number of hydrogen-bond acceptors (Lipinski definition) is 5. The normalized spacial score (nSPS) is 25.2. The minimum absolute atomic E-state index is 0.0399. The summed E-state index contributed by atoms with van der Waals surface area (Å²) < 4.78 is 5.25. The summed E-state index contributed by atoms with van der Waals surface area (Å²) in [6.45, 7) is 2.31. The van der Waals surface area contributed by atoms with E-state index in [9.17, 15) is 9.59 Å². The molecule has 2 heterocycles. The highest BCUT2D eigenvalue weighted by Crippen LogP contribution is 2.32. The van der Waals surface area contributed by atoms with Crippen molar-refractivity contribution < 1.29 is 19.2 Å². The van der Waals surface area contributed by atoms with Gasteiger partial charge in [-0.05, 0) is 26.2 Å². The van der Waals surface area contributed by atoms with Gasteiger partial charge in [0, 0.05) is 31.3 Å². The molecule has 7 nitrogen and oxygen atoms in total. The molecular weight excluding hydrogens is 298 g/mol. The van der Waals surface area contributed by atoms with Gasteiger partial charge in [-0.1, -0.05) is 18.0 Å². The van der Waals surface area contributed by atoms with Gasteiger partial charge in [-0.15, -0.1) is 0 Å². The van der Waals surface area contributed by atoms with E-state index in [2.05, 4.69) is 10.1 Å².